The smallest absolute Gasteiger partial charge is 0.444 e. The van der Waals surface area contributed by atoms with Crippen molar-refractivity contribution in [2.75, 3.05) is 6.54 Å². The van der Waals surface area contributed by atoms with E-state index in [0.29, 0.717) is 41.4 Å². The second kappa shape index (κ2) is 20.5. The molecule has 3 nitrogen and oxygen atoms in total. The first-order valence-corrected chi connectivity index (χ1v) is 29.5. The molecule has 0 fully saturated rings. The van der Waals surface area contributed by atoms with Crippen molar-refractivity contribution in [1.29, 1.82) is 0 Å². The van der Waals surface area contributed by atoms with Crippen molar-refractivity contribution in [3.8, 4) is 22.4 Å². The molecule has 6 heteroatoms. The highest BCUT2D eigenvalue weighted by Crippen LogP contribution is 2.54. The lowest BCUT2D eigenvalue weighted by atomic mass is 9.81. The van der Waals surface area contributed by atoms with E-state index in [-0.39, 0.29) is 5.41 Å². The molecular formula is C67H82BF2N3. The van der Waals surface area contributed by atoms with E-state index in [0.717, 1.165) is 28.3 Å². The van der Waals surface area contributed by atoms with Crippen molar-refractivity contribution in [1.82, 2.24) is 13.5 Å². The number of hydrogen-bond donors (Lipinski definition) is 0. The van der Waals surface area contributed by atoms with Gasteiger partial charge in [-0.25, -0.2) is 0 Å². The Morgan fingerprint density at radius 3 is 1.67 bits per heavy atom. The second-order valence-corrected chi connectivity index (χ2v) is 23.8. The predicted molar refractivity (Wildman–Crippen MR) is 314 cm³/mol. The maximum absolute atomic E-state index is 17.4. The Kier molecular flexibility index (Phi) is 14.0. The third kappa shape index (κ3) is 8.57. The molecule has 0 radical (unpaired) electrons. The molecule has 73 heavy (non-hydrogen) atoms. The average molecular weight is 978 g/mol. The molecule has 1 atom stereocenters. The second-order valence-electron chi connectivity index (χ2n) is 23.8. The maximum atomic E-state index is 17.4. The molecule has 2 aliphatic rings. The van der Waals surface area contributed by atoms with E-state index in [4.69, 9.17) is 0 Å². The quantitative estimate of drug-likeness (QED) is 0.0178. The Balaban J connectivity index is 1.10. The normalized spacial score (nSPS) is 14.6. The first-order chi connectivity index (χ1) is 35.5. The van der Waals surface area contributed by atoms with Gasteiger partial charge in [0, 0.05) is 56.4 Å². The van der Waals surface area contributed by atoms with E-state index in [1.165, 1.54) is 208 Å². The summed E-state index contributed by atoms with van der Waals surface area (Å²) in [5.41, 5.74) is 8.93. The number of hydrogen-bond acceptors (Lipinski definition) is 0. The lowest BCUT2D eigenvalue weighted by Crippen LogP contribution is -2.46. The third-order valence-electron chi connectivity index (χ3n) is 18.0. The van der Waals surface area contributed by atoms with Crippen LogP contribution < -0.4 is 9.93 Å². The molecule has 0 aliphatic carbocycles. The lowest BCUT2D eigenvalue weighted by Gasteiger charge is -2.39. The highest BCUT2D eigenvalue weighted by Gasteiger charge is 2.42. The Labute approximate surface area is 434 Å². The number of halogens is 2. The summed E-state index contributed by atoms with van der Waals surface area (Å²) in [4.78, 5) is 0. The van der Waals surface area contributed by atoms with Crippen LogP contribution in [0.3, 0.4) is 0 Å². The average Bonchev–Trinajstić information content (AvgIpc) is 4.13. The molecule has 9 aromatic rings. The summed E-state index contributed by atoms with van der Waals surface area (Å²) in [5.74, 6) is 0.538. The fraction of sp³-hybridized carbons (Fsp3) is 0.478. The van der Waals surface area contributed by atoms with Crippen LogP contribution in [-0.4, -0.2) is 22.5 Å². The SMILES string of the molecule is CCCCCCCCCCCCC(CCCCCCCCCC)C[N+]1=c2cc(-c3ccc(C(C)(C)C)cc3)c3cccc4c5ccc6c7cc(CC)n8c7c(c7cc1c(c2c34)c5c76)-c1ccc(CC)n1[B-]8(F)F. The van der Waals surface area contributed by atoms with E-state index in [1.807, 2.05) is 26.0 Å². The van der Waals surface area contributed by atoms with Crippen molar-refractivity contribution >= 4 is 77.4 Å². The Bertz CT molecular complexity index is 3510. The van der Waals surface area contributed by atoms with Crippen LogP contribution in [-0.2, 0) is 18.3 Å². The summed E-state index contributed by atoms with van der Waals surface area (Å²) in [5, 5.41) is 14.9. The van der Waals surface area contributed by atoms with Gasteiger partial charge in [-0.1, -0.05) is 219 Å². The standard InChI is InChI=1S/C67H82BF2N3/c1-8-12-14-16-18-20-21-23-25-27-30-45(29-26-24-22-19-17-15-13-9-2)44-71-58-42-54(46-33-35-47(36-34-46)67(5,6)7)51-32-28-31-50-52-38-39-53-55-41-49(11-4)73-66(55)62(57-40-37-48(10-3)72(57)68(73,69)70)56-43-59(71)65(63(52)61(53)56)64(58)60(50)51/h28,31-43,45H,8-27,29-30,44H2,1-7H3. The molecule has 0 spiro atoms. The summed E-state index contributed by atoms with van der Waals surface area (Å²) in [6, 6.07) is 32.1. The molecule has 2 aromatic heterocycles. The first kappa shape index (κ1) is 50.0. The van der Waals surface area contributed by atoms with E-state index in [2.05, 4.69) is 112 Å². The molecule has 0 saturated carbocycles. The zero-order valence-electron chi connectivity index (χ0n) is 45.6. The van der Waals surface area contributed by atoms with Gasteiger partial charge in [-0.15, -0.1) is 0 Å². The fourth-order valence-corrected chi connectivity index (χ4v) is 14.1. The molecule has 2 aliphatic heterocycles. The Morgan fingerprint density at radius 1 is 0.507 bits per heavy atom. The van der Waals surface area contributed by atoms with E-state index >= 15 is 8.63 Å². The molecule has 4 heterocycles. The van der Waals surface area contributed by atoms with Crippen LogP contribution >= 0.6 is 0 Å². The zero-order chi connectivity index (χ0) is 50.6. The van der Waals surface area contributed by atoms with E-state index in [1.54, 1.807) is 0 Å². The maximum Gasteiger partial charge on any atom is 0.533 e. The van der Waals surface area contributed by atoms with Gasteiger partial charge in [-0.3, -0.25) is 0 Å². The minimum absolute atomic E-state index is 0.0611. The van der Waals surface area contributed by atoms with Crippen LogP contribution in [0.2, 0.25) is 0 Å². The van der Waals surface area contributed by atoms with Crippen molar-refractivity contribution in [3.63, 3.8) is 0 Å². The molecule has 7 aromatic carbocycles. The van der Waals surface area contributed by atoms with Crippen molar-refractivity contribution in [2.45, 2.75) is 195 Å². The monoisotopic (exact) mass is 978 g/mol. The molecule has 0 N–H and O–H groups in total. The van der Waals surface area contributed by atoms with Crippen LogP contribution in [0.25, 0.3) is 87.1 Å². The van der Waals surface area contributed by atoms with Gasteiger partial charge in [0.1, 0.15) is 0 Å². The minimum Gasteiger partial charge on any atom is -0.444 e. The van der Waals surface area contributed by atoms with Crippen molar-refractivity contribution < 1.29 is 8.63 Å². The summed E-state index contributed by atoms with van der Waals surface area (Å²) < 4.78 is 40.5. The van der Waals surface area contributed by atoms with Gasteiger partial charge in [-0.2, -0.15) is 4.58 Å². The molecule has 11 rings (SSSR count). The van der Waals surface area contributed by atoms with Gasteiger partial charge in [0.15, 0.2) is 6.54 Å². The van der Waals surface area contributed by atoms with Gasteiger partial charge in [0.2, 0.25) is 11.0 Å². The summed E-state index contributed by atoms with van der Waals surface area (Å²) in [7, 11) is 0. The number of fused-ring (bicyclic) bond motifs is 5. The van der Waals surface area contributed by atoms with Crippen LogP contribution in [0.5, 0.6) is 0 Å². The van der Waals surface area contributed by atoms with Crippen LogP contribution in [0.15, 0.2) is 84.9 Å². The number of benzene rings is 7. The molecule has 0 saturated heterocycles. The highest BCUT2D eigenvalue weighted by atomic mass is 19.2. The van der Waals surface area contributed by atoms with E-state index < -0.39 is 6.97 Å². The number of aromatic nitrogens is 2. The lowest BCUT2D eigenvalue weighted by molar-refractivity contribution is 0.382. The molecule has 0 amide bonds. The largest absolute Gasteiger partial charge is 0.533 e. The minimum atomic E-state index is -4.10. The number of unbranched alkanes of at least 4 members (excludes halogenated alkanes) is 16. The van der Waals surface area contributed by atoms with Gasteiger partial charge >= 0.3 is 6.97 Å². The van der Waals surface area contributed by atoms with Crippen LogP contribution in [0.4, 0.5) is 14.3 Å². The predicted octanol–water partition coefficient (Wildman–Crippen LogP) is 19.8. The summed E-state index contributed by atoms with van der Waals surface area (Å²) in [6.45, 7) is 12.4. The number of aryl methyl sites for hydroxylation is 2. The zero-order valence-corrected chi connectivity index (χ0v) is 45.6. The van der Waals surface area contributed by atoms with Gasteiger partial charge in [-0.05, 0) is 104 Å². The van der Waals surface area contributed by atoms with Crippen molar-refractivity contribution in [3.05, 3.63) is 107 Å². The van der Waals surface area contributed by atoms with Gasteiger partial charge < -0.3 is 17.6 Å². The molecule has 1 unspecified atom stereocenters. The molecular weight excluding hydrogens is 896 g/mol. The summed E-state index contributed by atoms with van der Waals surface area (Å²) in [6.07, 6.45) is 27.7. The first-order valence-electron chi connectivity index (χ1n) is 29.5. The van der Waals surface area contributed by atoms with Gasteiger partial charge in [0.25, 0.3) is 0 Å². The topological polar surface area (TPSA) is 12.9 Å². The fourth-order valence-electron chi connectivity index (χ4n) is 14.1. The Morgan fingerprint density at radius 2 is 1.07 bits per heavy atom. The van der Waals surface area contributed by atoms with Gasteiger partial charge in [0.05, 0.1) is 10.8 Å². The highest BCUT2D eigenvalue weighted by molar-refractivity contribution is 6.66. The third-order valence-corrected chi connectivity index (χ3v) is 18.0. The number of rotatable bonds is 25. The van der Waals surface area contributed by atoms with Crippen LogP contribution in [0, 0.1) is 5.92 Å². The number of nitrogens with zero attached hydrogens (tertiary/aromatic N) is 3. The summed E-state index contributed by atoms with van der Waals surface area (Å²) >= 11 is 0. The Hall–Kier alpha value is -5.23. The van der Waals surface area contributed by atoms with Crippen LogP contribution in [0.1, 0.15) is 194 Å². The van der Waals surface area contributed by atoms with E-state index in [9.17, 15) is 0 Å². The molecule has 382 valence electrons. The molecule has 0 bridgehead atoms. The van der Waals surface area contributed by atoms with Crippen molar-refractivity contribution in [2.24, 2.45) is 5.92 Å².